The summed E-state index contributed by atoms with van der Waals surface area (Å²) in [6.07, 6.45) is -0.495. The third-order valence-electron chi connectivity index (χ3n) is 4.46. The molecule has 0 aromatic heterocycles. The van der Waals surface area contributed by atoms with Gasteiger partial charge in [0.2, 0.25) is 0 Å². The average Bonchev–Trinajstić information content (AvgIpc) is 2.73. The van der Waals surface area contributed by atoms with Crippen LogP contribution in [0.1, 0.15) is 6.92 Å². The third kappa shape index (κ3) is 8.41. The highest BCUT2D eigenvalue weighted by molar-refractivity contribution is 5.62. The number of para-hydroxylation sites is 1. The van der Waals surface area contributed by atoms with E-state index >= 15 is 0 Å². The van der Waals surface area contributed by atoms with Gasteiger partial charge >= 0.3 is 0 Å². The van der Waals surface area contributed by atoms with Gasteiger partial charge in [-0.1, -0.05) is 18.2 Å². The number of benzene rings is 2. The number of aliphatic hydroxyl groups excluding tert-OH is 1. The van der Waals surface area contributed by atoms with Crippen LogP contribution >= 0.6 is 0 Å². The fourth-order valence-corrected chi connectivity index (χ4v) is 3.04. The van der Waals surface area contributed by atoms with E-state index < -0.39 is 12.1 Å². The molecule has 0 spiro atoms. The summed E-state index contributed by atoms with van der Waals surface area (Å²) in [7, 11) is 1.64. The number of aliphatic hydroxyl groups is 1. The first-order valence-electron chi connectivity index (χ1n) is 9.64. The zero-order valence-corrected chi connectivity index (χ0v) is 17.0. The van der Waals surface area contributed by atoms with Gasteiger partial charge in [-0.05, 0) is 36.4 Å². The lowest BCUT2D eigenvalue weighted by molar-refractivity contribution is -0.134. The molecule has 2 aromatic rings. The Morgan fingerprint density at radius 1 is 1.00 bits per heavy atom. The van der Waals surface area contributed by atoms with E-state index in [2.05, 4.69) is 34.1 Å². The van der Waals surface area contributed by atoms with E-state index in [1.54, 1.807) is 7.11 Å². The van der Waals surface area contributed by atoms with Crippen LogP contribution in [0.4, 0.5) is 5.69 Å². The van der Waals surface area contributed by atoms with Gasteiger partial charge in [-0.3, -0.25) is 9.69 Å². The maximum Gasteiger partial charge on any atom is 0.300 e. The molecule has 1 aliphatic heterocycles. The van der Waals surface area contributed by atoms with Gasteiger partial charge in [-0.15, -0.1) is 0 Å². The summed E-state index contributed by atoms with van der Waals surface area (Å²) in [6, 6.07) is 17.9. The fraction of sp³-hybridized carbons (Fsp3) is 0.409. The topological polar surface area (TPSA) is 82.5 Å². The predicted octanol–water partition coefficient (Wildman–Crippen LogP) is 2.35. The van der Waals surface area contributed by atoms with Crippen molar-refractivity contribution in [3.8, 4) is 11.5 Å². The standard InChI is InChI=1S/C20H26N2O3.C2H4O2/c1-24-19-7-9-20(10-8-19)25-16-18(23)15-21-11-13-22(14-12-21)17-5-3-2-4-6-17;1-2(3)4/h2-10,18,23H,11-16H2,1H3;1H3,(H,3,4). The van der Waals surface area contributed by atoms with E-state index in [0.717, 1.165) is 44.6 Å². The number of carboxylic acids is 1. The van der Waals surface area contributed by atoms with Crippen molar-refractivity contribution in [1.29, 1.82) is 0 Å². The Bertz CT molecular complexity index is 712. The highest BCUT2D eigenvalue weighted by Gasteiger charge is 2.19. The lowest BCUT2D eigenvalue weighted by Crippen LogP contribution is -2.49. The van der Waals surface area contributed by atoms with Crippen LogP contribution in [-0.4, -0.2) is 73.6 Å². The Morgan fingerprint density at radius 3 is 2.10 bits per heavy atom. The van der Waals surface area contributed by atoms with Gasteiger partial charge in [0.15, 0.2) is 0 Å². The molecule has 0 aliphatic carbocycles. The van der Waals surface area contributed by atoms with Crippen molar-refractivity contribution in [3.05, 3.63) is 54.6 Å². The zero-order chi connectivity index (χ0) is 21.1. The molecule has 2 aromatic carbocycles. The van der Waals surface area contributed by atoms with Crippen LogP contribution in [-0.2, 0) is 4.79 Å². The molecule has 158 valence electrons. The molecule has 29 heavy (non-hydrogen) atoms. The molecule has 0 radical (unpaired) electrons. The molecular weight excluding hydrogens is 372 g/mol. The summed E-state index contributed by atoms with van der Waals surface area (Å²) < 4.78 is 10.8. The minimum Gasteiger partial charge on any atom is -0.497 e. The third-order valence-corrected chi connectivity index (χ3v) is 4.46. The van der Waals surface area contributed by atoms with Crippen molar-refractivity contribution < 1.29 is 24.5 Å². The molecule has 2 N–H and O–H groups in total. The van der Waals surface area contributed by atoms with Gasteiger partial charge in [0, 0.05) is 45.3 Å². The average molecular weight is 402 g/mol. The van der Waals surface area contributed by atoms with E-state index in [1.165, 1.54) is 5.69 Å². The number of rotatable bonds is 7. The van der Waals surface area contributed by atoms with Crippen LogP contribution in [0.3, 0.4) is 0 Å². The molecule has 0 amide bonds. The normalized spacial score (nSPS) is 15.1. The number of β-amino-alcohol motifs (C(OH)–C–C–N with tert-alkyl or cyclic N) is 1. The molecule has 1 unspecified atom stereocenters. The number of methoxy groups -OCH3 is 1. The molecule has 1 aliphatic rings. The van der Waals surface area contributed by atoms with Gasteiger partial charge in [0.05, 0.1) is 7.11 Å². The number of carboxylic acid groups (broad SMARTS) is 1. The first-order valence-corrected chi connectivity index (χ1v) is 9.64. The molecule has 3 rings (SSSR count). The Hall–Kier alpha value is -2.77. The lowest BCUT2D eigenvalue weighted by Gasteiger charge is -2.36. The highest BCUT2D eigenvalue weighted by atomic mass is 16.5. The van der Waals surface area contributed by atoms with E-state index in [4.69, 9.17) is 19.4 Å². The number of hydrogen-bond donors (Lipinski definition) is 2. The van der Waals surface area contributed by atoms with E-state index in [-0.39, 0.29) is 0 Å². The number of aliphatic carboxylic acids is 1. The zero-order valence-electron chi connectivity index (χ0n) is 17.0. The fourth-order valence-electron chi connectivity index (χ4n) is 3.04. The van der Waals surface area contributed by atoms with Crippen LogP contribution < -0.4 is 14.4 Å². The monoisotopic (exact) mass is 402 g/mol. The molecule has 0 saturated carbocycles. The first-order chi connectivity index (χ1) is 14.0. The second-order valence-corrected chi connectivity index (χ2v) is 6.78. The summed E-state index contributed by atoms with van der Waals surface area (Å²) in [6.45, 7) is 5.89. The van der Waals surface area contributed by atoms with E-state index in [9.17, 15) is 5.11 Å². The van der Waals surface area contributed by atoms with Gasteiger partial charge in [-0.25, -0.2) is 0 Å². The van der Waals surface area contributed by atoms with Gasteiger partial charge in [0.1, 0.15) is 24.2 Å². The summed E-state index contributed by atoms with van der Waals surface area (Å²) in [5, 5.41) is 17.7. The first kappa shape index (κ1) is 22.5. The van der Waals surface area contributed by atoms with Crippen LogP contribution in [0, 0.1) is 0 Å². The summed E-state index contributed by atoms with van der Waals surface area (Å²) in [4.78, 5) is 13.7. The Labute approximate surface area is 172 Å². The second-order valence-electron chi connectivity index (χ2n) is 6.78. The quantitative estimate of drug-likeness (QED) is 0.736. The minimum absolute atomic E-state index is 0.297. The number of carbonyl (C=O) groups is 1. The molecule has 1 saturated heterocycles. The number of piperazine rings is 1. The van der Waals surface area contributed by atoms with E-state index in [0.29, 0.717) is 13.2 Å². The summed E-state index contributed by atoms with van der Waals surface area (Å²) in [5.74, 6) is 0.706. The van der Waals surface area contributed by atoms with Crippen molar-refractivity contribution in [1.82, 2.24) is 4.90 Å². The number of hydrogen-bond acceptors (Lipinski definition) is 6. The lowest BCUT2D eigenvalue weighted by atomic mass is 10.2. The van der Waals surface area contributed by atoms with Crippen LogP contribution in [0.25, 0.3) is 0 Å². The summed E-state index contributed by atoms with van der Waals surface area (Å²) in [5.41, 5.74) is 1.27. The molecule has 1 atom stereocenters. The van der Waals surface area contributed by atoms with Crippen LogP contribution in [0.2, 0.25) is 0 Å². The van der Waals surface area contributed by atoms with Crippen molar-refractivity contribution >= 4 is 11.7 Å². The van der Waals surface area contributed by atoms with Crippen molar-refractivity contribution in [3.63, 3.8) is 0 Å². The molecular formula is C22H30N2O5. The maximum atomic E-state index is 10.2. The largest absolute Gasteiger partial charge is 0.497 e. The second kappa shape index (κ2) is 11.9. The van der Waals surface area contributed by atoms with Gasteiger partial charge < -0.3 is 24.6 Å². The van der Waals surface area contributed by atoms with Gasteiger partial charge in [0.25, 0.3) is 5.97 Å². The Balaban J connectivity index is 0.000000687. The van der Waals surface area contributed by atoms with Gasteiger partial charge in [-0.2, -0.15) is 0 Å². The number of ether oxygens (including phenoxy) is 2. The smallest absolute Gasteiger partial charge is 0.300 e. The molecule has 1 fully saturated rings. The molecule has 7 nitrogen and oxygen atoms in total. The Morgan fingerprint density at radius 2 is 1.55 bits per heavy atom. The van der Waals surface area contributed by atoms with Crippen molar-refractivity contribution in [2.45, 2.75) is 13.0 Å². The van der Waals surface area contributed by atoms with E-state index in [1.807, 2.05) is 30.3 Å². The van der Waals surface area contributed by atoms with Crippen LogP contribution in [0.5, 0.6) is 11.5 Å². The van der Waals surface area contributed by atoms with Crippen LogP contribution in [0.15, 0.2) is 54.6 Å². The maximum absolute atomic E-state index is 10.2. The SMILES string of the molecule is CC(=O)O.COc1ccc(OCC(O)CN2CCN(c3ccccc3)CC2)cc1. The van der Waals surface area contributed by atoms with Crippen molar-refractivity contribution in [2.24, 2.45) is 0 Å². The summed E-state index contributed by atoms with van der Waals surface area (Å²) >= 11 is 0. The number of nitrogens with zero attached hydrogens (tertiary/aromatic N) is 2. The highest BCUT2D eigenvalue weighted by Crippen LogP contribution is 2.18. The molecule has 1 heterocycles. The predicted molar refractivity (Wildman–Crippen MR) is 113 cm³/mol. The van der Waals surface area contributed by atoms with Crippen molar-refractivity contribution in [2.75, 3.05) is 51.3 Å². The molecule has 7 heteroatoms. The number of anilines is 1. The Kier molecular flexibility index (Phi) is 9.27. The molecule has 0 bridgehead atoms. The minimum atomic E-state index is -0.833.